The Bertz CT molecular complexity index is 349. The van der Waals surface area contributed by atoms with Gasteiger partial charge in [0.1, 0.15) is 0 Å². The Morgan fingerprint density at radius 3 is 2.17 bits per heavy atom. The van der Waals surface area contributed by atoms with Gasteiger partial charge in [-0.15, -0.1) is 0 Å². The van der Waals surface area contributed by atoms with Crippen LogP contribution in [-0.2, 0) is 14.6 Å². The molecule has 0 aromatic carbocycles. The summed E-state index contributed by atoms with van der Waals surface area (Å²) >= 11 is 0. The third-order valence-electron chi connectivity index (χ3n) is 4.31. The van der Waals surface area contributed by atoms with Crippen molar-refractivity contribution >= 4 is 9.84 Å². The lowest BCUT2D eigenvalue weighted by Crippen LogP contribution is -2.46. The molecule has 2 fully saturated rings. The van der Waals surface area contributed by atoms with Gasteiger partial charge < -0.3 is 10.5 Å². The molecule has 106 valence electrons. The summed E-state index contributed by atoms with van der Waals surface area (Å²) in [6.07, 6.45) is 7.30. The van der Waals surface area contributed by atoms with Crippen molar-refractivity contribution in [3.63, 3.8) is 0 Å². The molecular weight excluding hydrogens is 250 g/mol. The van der Waals surface area contributed by atoms with E-state index in [1.807, 2.05) is 0 Å². The Kier molecular flexibility index (Phi) is 5.04. The zero-order valence-corrected chi connectivity index (χ0v) is 11.8. The quantitative estimate of drug-likeness (QED) is 0.831. The fourth-order valence-corrected chi connectivity index (χ4v) is 5.60. The lowest BCUT2D eigenvalue weighted by molar-refractivity contribution is 0.0980. The Morgan fingerprint density at radius 2 is 1.50 bits per heavy atom. The molecule has 1 saturated carbocycles. The number of rotatable bonds is 2. The number of hydrogen-bond donors (Lipinski definition) is 1. The van der Waals surface area contributed by atoms with Crippen LogP contribution in [0.2, 0.25) is 0 Å². The molecule has 1 aliphatic carbocycles. The minimum absolute atomic E-state index is 0.168. The van der Waals surface area contributed by atoms with Crippen LogP contribution >= 0.6 is 0 Å². The van der Waals surface area contributed by atoms with Crippen molar-refractivity contribution in [3.05, 3.63) is 0 Å². The molecule has 1 heterocycles. The molecule has 18 heavy (non-hydrogen) atoms. The molecule has 0 aromatic rings. The van der Waals surface area contributed by atoms with Gasteiger partial charge in [-0.05, 0) is 25.7 Å². The molecule has 2 rings (SSSR count). The Labute approximate surface area is 110 Å². The van der Waals surface area contributed by atoms with E-state index in [4.69, 9.17) is 10.5 Å². The van der Waals surface area contributed by atoms with E-state index in [-0.39, 0.29) is 16.5 Å². The maximum atomic E-state index is 12.7. The van der Waals surface area contributed by atoms with Crippen molar-refractivity contribution in [2.45, 2.75) is 67.9 Å². The second-order valence-corrected chi connectivity index (χ2v) is 8.04. The summed E-state index contributed by atoms with van der Waals surface area (Å²) in [4.78, 5) is 0. The first kappa shape index (κ1) is 14.3. The van der Waals surface area contributed by atoms with Crippen LogP contribution in [0.1, 0.15) is 51.4 Å². The van der Waals surface area contributed by atoms with Gasteiger partial charge in [-0.25, -0.2) is 8.42 Å². The summed E-state index contributed by atoms with van der Waals surface area (Å²) in [6.45, 7) is 1.15. The third kappa shape index (κ3) is 3.25. The molecule has 5 heteroatoms. The maximum absolute atomic E-state index is 12.7. The summed E-state index contributed by atoms with van der Waals surface area (Å²) in [5.74, 6) is 0. The topological polar surface area (TPSA) is 69.4 Å². The van der Waals surface area contributed by atoms with E-state index in [2.05, 4.69) is 0 Å². The smallest absolute Gasteiger partial charge is 0.157 e. The summed E-state index contributed by atoms with van der Waals surface area (Å²) in [5, 5.41) is -0.539. The minimum Gasteiger partial charge on any atom is -0.381 e. The van der Waals surface area contributed by atoms with Gasteiger partial charge in [-0.2, -0.15) is 0 Å². The van der Waals surface area contributed by atoms with Crippen molar-refractivity contribution in [1.82, 2.24) is 0 Å². The van der Waals surface area contributed by atoms with Gasteiger partial charge in [-0.3, -0.25) is 0 Å². The summed E-state index contributed by atoms with van der Waals surface area (Å²) in [7, 11) is -3.08. The highest BCUT2D eigenvalue weighted by Crippen LogP contribution is 2.28. The maximum Gasteiger partial charge on any atom is 0.157 e. The molecular formula is C13H25NO3S. The number of hydrogen-bond acceptors (Lipinski definition) is 4. The van der Waals surface area contributed by atoms with Crippen molar-refractivity contribution in [1.29, 1.82) is 0 Å². The first-order valence-electron chi connectivity index (χ1n) is 7.18. The highest BCUT2D eigenvalue weighted by Gasteiger charge is 2.38. The third-order valence-corrected chi connectivity index (χ3v) is 7.14. The average molecular weight is 275 g/mol. The highest BCUT2D eigenvalue weighted by atomic mass is 32.2. The summed E-state index contributed by atoms with van der Waals surface area (Å²) in [6, 6.07) is -0.168. The van der Waals surface area contributed by atoms with Crippen LogP contribution in [0, 0.1) is 0 Å². The predicted octanol–water partition coefficient (Wildman–Crippen LogP) is 1.63. The Hall–Kier alpha value is -0.130. The number of ether oxygens (including phenoxy) is 1. The van der Waals surface area contributed by atoms with E-state index < -0.39 is 9.84 Å². The highest BCUT2D eigenvalue weighted by molar-refractivity contribution is 7.92. The lowest BCUT2D eigenvalue weighted by atomic mass is 9.97. The van der Waals surface area contributed by atoms with Gasteiger partial charge in [0.15, 0.2) is 9.84 Å². The van der Waals surface area contributed by atoms with Crippen LogP contribution < -0.4 is 5.73 Å². The summed E-state index contributed by atoms with van der Waals surface area (Å²) in [5.41, 5.74) is 6.13. The molecule has 0 radical (unpaired) electrons. The second-order valence-electron chi connectivity index (χ2n) is 5.59. The van der Waals surface area contributed by atoms with Gasteiger partial charge in [0.05, 0.1) is 10.5 Å². The van der Waals surface area contributed by atoms with Crippen LogP contribution in [0.5, 0.6) is 0 Å². The molecule has 1 saturated heterocycles. The fraction of sp³-hybridized carbons (Fsp3) is 1.00. The van der Waals surface area contributed by atoms with Crippen LogP contribution in [0.15, 0.2) is 0 Å². The van der Waals surface area contributed by atoms with E-state index in [0.29, 0.717) is 26.1 Å². The predicted molar refractivity (Wildman–Crippen MR) is 72.2 cm³/mol. The molecule has 0 amide bonds. The van der Waals surface area contributed by atoms with Gasteiger partial charge in [0.25, 0.3) is 0 Å². The first-order valence-corrected chi connectivity index (χ1v) is 8.79. The van der Waals surface area contributed by atoms with Crippen molar-refractivity contribution < 1.29 is 13.2 Å². The molecule has 2 atom stereocenters. The normalized spacial score (nSPS) is 32.7. The SMILES string of the molecule is NC1CCCCCCC1S(=O)(=O)C1CCOCC1. The zero-order valence-electron chi connectivity index (χ0n) is 11.0. The number of sulfone groups is 1. The van der Waals surface area contributed by atoms with E-state index in [9.17, 15) is 8.42 Å². The second kappa shape index (κ2) is 6.35. The van der Waals surface area contributed by atoms with Gasteiger partial charge in [0.2, 0.25) is 0 Å². The largest absolute Gasteiger partial charge is 0.381 e. The lowest BCUT2D eigenvalue weighted by Gasteiger charge is -2.31. The number of nitrogens with two attached hydrogens (primary N) is 1. The molecule has 2 N–H and O–H groups in total. The molecule has 1 aliphatic heterocycles. The Morgan fingerprint density at radius 1 is 0.889 bits per heavy atom. The van der Waals surface area contributed by atoms with E-state index in [1.165, 1.54) is 6.42 Å². The average Bonchev–Trinajstić information content (AvgIpc) is 2.35. The molecule has 4 nitrogen and oxygen atoms in total. The van der Waals surface area contributed by atoms with Crippen molar-refractivity contribution in [2.24, 2.45) is 5.73 Å². The van der Waals surface area contributed by atoms with E-state index in [1.54, 1.807) is 0 Å². The molecule has 2 aliphatic rings. The minimum atomic E-state index is -3.08. The van der Waals surface area contributed by atoms with Gasteiger partial charge in [0, 0.05) is 19.3 Å². The molecule has 2 unspecified atom stereocenters. The van der Waals surface area contributed by atoms with Crippen LogP contribution in [0.3, 0.4) is 0 Å². The van der Waals surface area contributed by atoms with Crippen LogP contribution in [0.4, 0.5) is 0 Å². The van der Waals surface area contributed by atoms with Crippen LogP contribution in [-0.4, -0.2) is 38.2 Å². The molecule has 0 bridgehead atoms. The van der Waals surface area contributed by atoms with E-state index in [0.717, 1.165) is 32.1 Å². The fourth-order valence-electron chi connectivity index (χ4n) is 3.14. The van der Waals surface area contributed by atoms with E-state index >= 15 is 0 Å². The van der Waals surface area contributed by atoms with Crippen molar-refractivity contribution in [3.8, 4) is 0 Å². The summed E-state index contributed by atoms with van der Waals surface area (Å²) < 4.78 is 30.6. The monoisotopic (exact) mass is 275 g/mol. The zero-order chi connectivity index (χ0) is 13.0. The standard InChI is InChI=1S/C13H25NO3S/c14-12-5-3-1-2-4-6-13(12)18(15,16)11-7-9-17-10-8-11/h11-13H,1-10,14H2. The Balaban J connectivity index is 2.09. The van der Waals surface area contributed by atoms with Gasteiger partial charge >= 0.3 is 0 Å². The van der Waals surface area contributed by atoms with Crippen LogP contribution in [0.25, 0.3) is 0 Å². The molecule has 0 aromatic heterocycles. The first-order chi connectivity index (χ1) is 8.62. The van der Waals surface area contributed by atoms with Gasteiger partial charge in [-0.1, -0.05) is 25.7 Å². The molecule has 0 spiro atoms. The van der Waals surface area contributed by atoms with Crippen molar-refractivity contribution in [2.75, 3.05) is 13.2 Å².